The summed E-state index contributed by atoms with van der Waals surface area (Å²) in [6.07, 6.45) is 2.54. The average molecular weight is 560 g/mol. The molecule has 0 bridgehead atoms. The molecule has 40 heavy (non-hydrogen) atoms. The molecule has 1 saturated heterocycles. The number of alkyl halides is 3. The Morgan fingerprint density at radius 2 is 1.70 bits per heavy atom. The van der Waals surface area contributed by atoms with Crippen molar-refractivity contribution >= 4 is 11.1 Å². The Bertz CT molecular complexity index is 1380. The molecule has 1 fully saturated rings. The number of allylic oxidation sites excluding steroid dienone is 1. The summed E-state index contributed by atoms with van der Waals surface area (Å²) in [5, 5.41) is 10.0. The standard InChI is InChI=1S/C31H30F5NO3/c32-14-2-15-37-16-13-22(18-37)39-20-7-5-19(6-8-20)29-24(23-10-9-21(17-27(23)33)40-31(35)36)3-1-4-26-25(29)11-12-28(38)30(26)34/h5-12,17,22,31,38H,1-4,13-16,18H2/t22-/m0/s1. The molecule has 3 aromatic carbocycles. The Labute approximate surface area is 229 Å². The van der Waals surface area contributed by atoms with E-state index in [4.69, 9.17) is 4.74 Å². The van der Waals surface area contributed by atoms with Crippen LogP contribution in [0.4, 0.5) is 22.0 Å². The van der Waals surface area contributed by atoms with Crippen molar-refractivity contribution in [2.45, 2.75) is 44.8 Å². The fourth-order valence-electron chi connectivity index (χ4n) is 5.61. The molecule has 1 aliphatic carbocycles. The molecule has 1 atom stereocenters. The van der Waals surface area contributed by atoms with Crippen molar-refractivity contribution in [3.05, 3.63) is 88.5 Å². The molecule has 4 nitrogen and oxygen atoms in total. The van der Waals surface area contributed by atoms with Crippen LogP contribution in [0.2, 0.25) is 0 Å². The van der Waals surface area contributed by atoms with Crippen molar-refractivity contribution in [2.75, 3.05) is 26.3 Å². The van der Waals surface area contributed by atoms with Gasteiger partial charge in [-0.25, -0.2) is 8.78 Å². The fourth-order valence-corrected chi connectivity index (χ4v) is 5.61. The van der Waals surface area contributed by atoms with Crippen LogP contribution in [-0.4, -0.2) is 49.0 Å². The molecule has 212 valence electrons. The number of ether oxygens (including phenoxy) is 2. The van der Waals surface area contributed by atoms with Gasteiger partial charge in [-0.05, 0) is 90.3 Å². The number of aromatic hydroxyl groups is 1. The van der Waals surface area contributed by atoms with Crippen LogP contribution in [0.25, 0.3) is 11.1 Å². The minimum absolute atomic E-state index is 0.0148. The molecule has 1 N–H and O–H groups in total. The van der Waals surface area contributed by atoms with E-state index in [-0.39, 0.29) is 24.1 Å². The lowest BCUT2D eigenvalue weighted by Gasteiger charge is -2.19. The van der Waals surface area contributed by atoms with Gasteiger partial charge in [-0.2, -0.15) is 8.78 Å². The van der Waals surface area contributed by atoms with Gasteiger partial charge in [0, 0.05) is 31.3 Å². The SMILES string of the molecule is Oc1ccc2c(c1F)CCCC(c1ccc(OC(F)F)cc1F)=C2c1ccc(O[C@H]2CCN(CCCF)C2)cc1. The van der Waals surface area contributed by atoms with E-state index in [1.54, 1.807) is 18.2 Å². The van der Waals surface area contributed by atoms with Crippen molar-refractivity contribution in [1.82, 2.24) is 4.90 Å². The third-order valence-corrected chi connectivity index (χ3v) is 7.42. The number of rotatable bonds is 9. The normalized spacial score (nSPS) is 17.7. The van der Waals surface area contributed by atoms with Gasteiger partial charge in [-0.15, -0.1) is 0 Å². The number of hydrogen-bond acceptors (Lipinski definition) is 4. The van der Waals surface area contributed by atoms with E-state index in [9.17, 15) is 18.3 Å². The summed E-state index contributed by atoms with van der Waals surface area (Å²) in [6.45, 7) is -1.16. The minimum Gasteiger partial charge on any atom is -0.505 e. The zero-order chi connectivity index (χ0) is 28.2. The summed E-state index contributed by atoms with van der Waals surface area (Å²) in [6, 6.07) is 13.8. The molecular weight excluding hydrogens is 529 g/mol. The lowest BCUT2D eigenvalue weighted by Crippen LogP contribution is -2.26. The van der Waals surface area contributed by atoms with Crippen LogP contribution in [-0.2, 0) is 6.42 Å². The maximum Gasteiger partial charge on any atom is 0.387 e. The summed E-state index contributed by atoms with van der Waals surface area (Å²) in [7, 11) is 0. The molecule has 3 aromatic rings. The summed E-state index contributed by atoms with van der Waals surface area (Å²) in [5.41, 5.74) is 2.96. The number of fused-ring (bicyclic) bond motifs is 1. The van der Waals surface area contributed by atoms with Gasteiger partial charge in [-0.3, -0.25) is 9.29 Å². The number of benzene rings is 3. The minimum atomic E-state index is -3.08. The predicted molar refractivity (Wildman–Crippen MR) is 142 cm³/mol. The van der Waals surface area contributed by atoms with Crippen LogP contribution in [0.5, 0.6) is 17.2 Å². The number of phenols is 1. The second-order valence-corrected chi connectivity index (χ2v) is 10.0. The smallest absolute Gasteiger partial charge is 0.387 e. The maximum absolute atomic E-state index is 15.3. The molecule has 0 saturated carbocycles. The van der Waals surface area contributed by atoms with Crippen LogP contribution >= 0.6 is 0 Å². The summed E-state index contributed by atoms with van der Waals surface area (Å²) >= 11 is 0. The van der Waals surface area contributed by atoms with E-state index >= 15 is 8.78 Å². The maximum atomic E-state index is 15.3. The molecular formula is C31H30F5NO3. The topological polar surface area (TPSA) is 41.9 Å². The molecule has 0 amide bonds. The number of halogens is 5. The van der Waals surface area contributed by atoms with E-state index in [1.807, 2.05) is 12.1 Å². The Morgan fingerprint density at radius 1 is 0.950 bits per heavy atom. The number of phenolic OH excluding ortho intramolecular Hbond substituents is 1. The molecule has 0 radical (unpaired) electrons. The highest BCUT2D eigenvalue weighted by Gasteiger charge is 2.26. The van der Waals surface area contributed by atoms with Gasteiger partial charge in [0.05, 0.1) is 6.67 Å². The molecule has 5 rings (SSSR count). The van der Waals surface area contributed by atoms with Gasteiger partial charge >= 0.3 is 6.61 Å². The lowest BCUT2D eigenvalue weighted by molar-refractivity contribution is -0.0500. The first-order valence-electron chi connectivity index (χ1n) is 13.4. The monoisotopic (exact) mass is 559 g/mol. The predicted octanol–water partition coefficient (Wildman–Crippen LogP) is 7.38. The third kappa shape index (κ3) is 6.09. The third-order valence-electron chi connectivity index (χ3n) is 7.42. The summed E-state index contributed by atoms with van der Waals surface area (Å²) < 4.78 is 78.7. The summed E-state index contributed by atoms with van der Waals surface area (Å²) in [4.78, 5) is 2.17. The van der Waals surface area contributed by atoms with Gasteiger partial charge in [0.15, 0.2) is 11.6 Å². The largest absolute Gasteiger partial charge is 0.505 e. The van der Waals surface area contributed by atoms with Gasteiger partial charge in [-0.1, -0.05) is 18.2 Å². The Hall–Kier alpha value is -3.59. The van der Waals surface area contributed by atoms with Crippen molar-refractivity contribution in [2.24, 2.45) is 0 Å². The molecule has 1 aliphatic heterocycles. The molecule has 1 heterocycles. The number of likely N-dealkylation sites (tertiary alicyclic amines) is 1. The molecule has 2 aliphatic rings. The Kier molecular flexibility index (Phi) is 8.59. The quantitative estimate of drug-likeness (QED) is 0.278. The van der Waals surface area contributed by atoms with Crippen LogP contribution in [0, 0.1) is 11.6 Å². The van der Waals surface area contributed by atoms with Gasteiger partial charge in [0.25, 0.3) is 0 Å². The second-order valence-electron chi connectivity index (χ2n) is 10.0. The highest BCUT2D eigenvalue weighted by molar-refractivity contribution is 6.00. The Morgan fingerprint density at radius 3 is 2.42 bits per heavy atom. The number of nitrogens with zero attached hydrogens (tertiary/aromatic N) is 1. The van der Waals surface area contributed by atoms with Crippen LogP contribution in [0.3, 0.4) is 0 Å². The zero-order valence-corrected chi connectivity index (χ0v) is 21.8. The van der Waals surface area contributed by atoms with E-state index in [0.29, 0.717) is 65.8 Å². The van der Waals surface area contributed by atoms with E-state index in [1.165, 1.54) is 18.2 Å². The van der Waals surface area contributed by atoms with E-state index in [2.05, 4.69) is 9.64 Å². The van der Waals surface area contributed by atoms with Crippen molar-refractivity contribution < 1.29 is 36.5 Å². The van der Waals surface area contributed by atoms with Crippen molar-refractivity contribution in [3.8, 4) is 17.2 Å². The highest BCUT2D eigenvalue weighted by Crippen LogP contribution is 2.43. The molecule has 9 heteroatoms. The van der Waals surface area contributed by atoms with E-state index < -0.39 is 24.0 Å². The summed E-state index contributed by atoms with van der Waals surface area (Å²) in [5.74, 6) is -1.54. The number of hydrogen-bond donors (Lipinski definition) is 1. The highest BCUT2D eigenvalue weighted by atomic mass is 19.3. The molecule has 0 unspecified atom stereocenters. The molecule has 0 spiro atoms. The fraction of sp³-hybridized carbons (Fsp3) is 0.355. The van der Waals surface area contributed by atoms with Gasteiger partial charge in [0.1, 0.15) is 23.4 Å². The molecule has 0 aromatic heterocycles. The van der Waals surface area contributed by atoms with Crippen LogP contribution in [0.1, 0.15) is 47.9 Å². The van der Waals surface area contributed by atoms with E-state index in [0.717, 1.165) is 25.6 Å². The van der Waals surface area contributed by atoms with Crippen molar-refractivity contribution in [3.63, 3.8) is 0 Å². The lowest BCUT2D eigenvalue weighted by atomic mass is 9.87. The van der Waals surface area contributed by atoms with Crippen LogP contribution in [0.15, 0.2) is 54.6 Å². The first-order chi connectivity index (χ1) is 19.3. The average Bonchev–Trinajstić information content (AvgIpc) is 3.28. The van der Waals surface area contributed by atoms with Crippen LogP contribution < -0.4 is 9.47 Å². The zero-order valence-electron chi connectivity index (χ0n) is 21.8. The van der Waals surface area contributed by atoms with Gasteiger partial charge in [0.2, 0.25) is 0 Å². The first-order valence-corrected chi connectivity index (χ1v) is 13.4. The Balaban J connectivity index is 1.51. The van der Waals surface area contributed by atoms with Gasteiger partial charge < -0.3 is 14.6 Å². The second kappa shape index (κ2) is 12.3. The van der Waals surface area contributed by atoms with Crippen molar-refractivity contribution in [1.29, 1.82) is 0 Å². The first kappa shape index (κ1) is 28.0.